The standard InChI is InChI=1S/C15H17NO5/c1-3-9-6-13(18)21-14-10(9)4-5-12(17)11(14)7-16-8(2)15(19)20/h4-6,8,16-17H,3,7H2,1-2H3,(H,19,20). The van der Waals surface area contributed by atoms with Crippen molar-refractivity contribution in [2.75, 3.05) is 0 Å². The minimum atomic E-state index is -0.995. The Morgan fingerprint density at radius 3 is 2.76 bits per heavy atom. The second-order valence-electron chi connectivity index (χ2n) is 4.82. The maximum atomic E-state index is 11.6. The number of aryl methyl sites for hydroxylation is 1. The third-order valence-electron chi connectivity index (χ3n) is 3.41. The number of aromatic hydroxyl groups is 1. The number of nitrogens with one attached hydrogen (secondary N) is 1. The molecule has 3 N–H and O–H groups in total. The lowest BCUT2D eigenvalue weighted by molar-refractivity contribution is -0.139. The second-order valence-corrected chi connectivity index (χ2v) is 4.82. The predicted molar refractivity (Wildman–Crippen MR) is 77.5 cm³/mol. The van der Waals surface area contributed by atoms with Crippen LogP contribution in [0.4, 0.5) is 0 Å². The highest BCUT2D eigenvalue weighted by Gasteiger charge is 2.16. The van der Waals surface area contributed by atoms with Gasteiger partial charge in [-0.2, -0.15) is 0 Å². The van der Waals surface area contributed by atoms with Gasteiger partial charge >= 0.3 is 11.6 Å². The number of benzene rings is 1. The summed E-state index contributed by atoms with van der Waals surface area (Å²) in [6.07, 6.45) is 0.658. The van der Waals surface area contributed by atoms with Crippen LogP contribution in [0.1, 0.15) is 25.0 Å². The van der Waals surface area contributed by atoms with Gasteiger partial charge in [-0.15, -0.1) is 0 Å². The van der Waals surface area contributed by atoms with Crippen molar-refractivity contribution in [3.63, 3.8) is 0 Å². The van der Waals surface area contributed by atoms with Crippen molar-refractivity contribution >= 4 is 16.9 Å². The Hall–Kier alpha value is -2.34. The van der Waals surface area contributed by atoms with Crippen molar-refractivity contribution in [2.24, 2.45) is 0 Å². The molecule has 0 saturated heterocycles. The fourth-order valence-electron chi connectivity index (χ4n) is 2.14. The Kier molecular flexibility index (Phi) is 4.28. The van der Waals surface area contributed by atoms with Crippen molar-refractivity contribution in [2.45, 2.75) is 32.9 Å². The number of carboxylic acids is 1. The number of phenols is 1. The average Bonchev–Trinajstić information content (AvgIpc) is 2.44. The van der Waals surface area contributed by atoms with Gasteiger partial charge in [-0.05, 0) is 31.0 Å². The summed E-state index contributed by atoms with van der Waals surface area (Å²) in [4.78, 5) is 22.4. The number of hydrogen-bond acceptors (Lipinski definition) is 5. The number of aliphatic carboxylic acids is 1. The highest BCUT2D eigenvalue weighted by molar-refractivity contribution is 5.85. The zero-order valence-corrected chi connectivity index (χ0v) is 11.8. The van der Waals surface area contributed by atoms with Crippen LogP contribution in [0.5, 0.6) is 5.75 Å². The molecule has 1 aromatic heterocycles. The molecule has 0 saturated carbocycles. The van der Waals surface area contributed by atoms with E-state index in [9.17, 15) is 14.7 Å². The van der Waals surface area contributed by atoms with Crippen molar-refractivity contribution in [3.05, 3.63) is 39.7 Å². The summed E-state index contributed by atoms with van der Waals surface area (Å²) < 4.78 is 5.21. The number of rotatable bonds is 5. The number of carboxylic acid groups (broad SMARTS) is 1. The van der Waals surface area contributed by atoms with Crippen LogP contribution in [0.2, 0.25) is 0 Å². The third-order valence-corrected chi connectivity index (χ3v) is 3.41. The van der Waals surface area contributed by atoms with E-state index < -0.39 is 17.6 Å². The Labute approximate surface area is 121 Å². The first-order valence-corrected chi connectivity index (χ1v) is 6.67. The lowest BCUT2D eigenvalue weighted by Gasteiger charge is -2.13. The largest absolute Gasteiger partial charge is 0.507 e. The first-order valence-electron chi connectivity index (χ1n) is 6.67. The molecule has 21 heavy (non-hydrogen) atoms. The molecule has 6 nitrogen and oxygen atoms in total. The Morgan fingerprint density at radius 1 is 1.43 bits per heavy atom. The molecule has 0 aliphatic rings. The van der Waals surface area contributed by atoms with Gasteiger partial charge in [0, 0.05) is 18.0 Å². The molecule has 0 radical (unpaired) electrons. The smallest absolute Gasteiger partial charge is 0.336 e. The molecule has 0 bridgehead atoms. The highest BCUT2D eigenvalue weighted by Crippen LogP contribution is 2.28. The predicted octanol–water partition coefficient (Wildman–Crippen LogP) is 1.62. The zero-order chi connectivity index (χ0) is 15.6. The van der Waals surface area contributed by atoms with Gasteiger partial charge < -0.3 is 19.9 Å². The fourth-order valence-corrected chi connectivity index (χ4v) is 2.14. The minimum absolute atomic E-state index is 0.0380. The molecule has 0 aliphatic carbocycles. The van der Waals surface area contributed by atoms with Crippen LogP contribution >= 0.6 is 0 Å². The van der Waals surface area contributed by atoms with Crippen LogP contribution in [0.15, 0.2) is 27.4 Å². The minimum Gasteiger partial charge on any atom is -0.507 e. The van der Waals surface area contributed by atoms with E-state index in [4.69, 9.17) is 9.52 Å². The van der Waals surface area contributed by atoms with E-state index in [1.807, 2.05) is 6.92 Å². The summed E-state index contributed by atoms with van der Waals surface area (Å²) in [6, 6.07) is 3.86. The van der Waals surface area contributed by atoms with Gasteiger partial charge in [-0.1, -0.05) is 6.92 Å². The molecule has 0 fully saturated rings. The lowest BCUT2D eigenvalue weighted by Crippen LogP contribution is -2.33. The summed E-state index contributed by atoms with van der Waals surface area (Å²) in [5.41, 5.74) is 1.02. The van der Waals surface area contributed by atoms with E-state index in [1.54, 1.807) is 6.07 Å². The monoisotopic (exact) mass is 291 g/mol. The summed E-state index contributed by atoms with van der Waals surface area (Å²) in [7, 11) is 0. The van der Waals surface area contributed by atoms with Crippen LogP contribution in [0, 0.1) is 0 Å². The lowest BCUT2D eigenvalue weighted by atomic mass is 10.0. The highest BCUT2D eigenvalue weighted by atomic mass is 16.4. The maximum Gasteiger partial charge on any atom is 0.336 e. The number of hydrogen-bond donors (Lipinski definition) is 3. The Bertz CT molecular complexity index is 735. The molecule has 1 atom stereocenters. The molecular formula is C15H17NO5. The van der Waals surface area contributed by atoms with E-state index in [0.717, 1.165) is 10.9 Å². The molecule has 112 valence electrons. The first-order chi connectivity index (χ1) is 9.93. The van der Waals surface area contributed by atoms with Crippen LogP contribution in [0.3, 0.4) is 0 Å². The molecule has 2 rings (SSSR count). The van der Waals surface area contributed by atoms with Gasteiger partial charge in [-0.25, -0.2) is 4.79 Å². The van der Waals surface area contributed by atoms with Crippen LogP contribution in [-0.4, -0.2) is 22.2 Å². The summed E-state index contributed by atoms with van der Waals surface area (Å²) >= 11 is 0. The van der Waals surface area contributed by atoms with E-state index >= 15 is 0 Å². The van der Waals surface area contributed by atoms with E-state index in [1.165, 1.54) is 19.1 Å². The Morgan fingerprint density at radius 2 is 2.14 bits per heavy atom. The average molecular weight is 291 g/mol. The van der Waals surface area contributed by atoms with Gasteiger partial charge in [0.15, 0.2) is 0 Å². The molecular weight excluding hydrogens is 274 g/mol. The van der Waals surface area contributed by atoms with Gasteiger partial charge in [-0.3, -0.25) is 4.79 Å². The van der Waals surface area contributed by atoms with Gasteiger partial charge in [0.05, 0.1) is 5.56 Å². The van der Waals surface area contributed by atoms with E-state index in [0.29, 0.717) is 17.6 Å². The molecule has 0 amide bonds. The van der Waals surface area contributed by atoms with Gasteiger partial charge in [0.1, 0.15) is 17.4 Å². The quantitative estimate of drug-likeness (QED) is 0.724. The van der Waals surface area contributed by atoms with Crippen molar-refractivity contribution < 1.29 is 19.4 Å². The van der Waals surface area contributed by atoms with E-state index in [2.05, 4.69) is 5.32 Å². The third kappa shape index (κ3) is 3.05. The zero-order valence-electron chi connectivity index (χ0n) is 11.8. The van der Waals surface area contributed by atoms with Crippen LogP contribution in [0.25, 0.3) is 11.0 Å². The summed E-state index contributed by atoms with van der Waals surface area (Å²) in [5, 5.41) is 22.3. The molecule has 1 heterocycles. The molecule has 0 spiro atoms. The normalized spacial score (nSPS) is 12.5. The van der Waals surface area contributed by atoms with Crippen LogP contribution < -0.4 is 10.9 Å². The van der Waals surface area contributed by atoms with Gasteiger partial charge in [0.25, 0.3) is 0 Å². The number of phenolic OH excluding ortho intramolecular Hbond substituents is 1. The summed E-state index contributed by atoms with van der Waals surface area (Å²) in [5.74, 6) is -1.03. The molecule has 1 unspecified atom stereocenters. The number of carbonyl (C=O) groups is 1. The fraction of sp³-hybridized carbons (Fsp3) is 0.333. The van der Waals surface area contributed by atoms with Gasteiger partial charge in [0.2, 0.25) is 0 Å². The Balaban J connectivity index is 2.51. The first kappa shape index (κ1) is 15.1. The topological polar surface area (TPSA) is 99.8 Å². The van der Waals surface area contributed by atoms with Crippen molar-refractivity contribution in [1.29, 1.82) is 0 Å². The SMILES string of the molecule is CCc1cc(=O)oc2c(CNC(C)C(=O)O)c(O)ccc12. The maximum absolute atomic E-state index is 11.6. The van der Waals surface area contributed by atoms with Crippen molar-refractivity contribution in [3.8, 4) is 5.75 Å². The second kappa shape index (κ2) is 5.97. The molecule has 2 aromatic rings. The molecule has 1 aromatic carbocycles. The van der Waals surface area contributed by atoms with Crippen molar-refractivity contribution in [1.82, 2.24) is 5.32 Å². The summed E-state index contributed by atoms with van der Waals surface area (Å²) in [6.45, 7) is 3.51. The molecule has 6 heteroatoms. The van der Waals surface area contributed by atoms with E-state index in [-0.39, 0.29) is 12.3 Å². The van der Waals surface area contributed by atoms with Crippen LogP contribution in [-0.2, 0) is 17.8 Å². The number of fused-ring (bicyclic) bond motifs is 1. The molecule has 0 aliphatic heterocycles.